The summed E-state index contributed by atoms with van der Waals surface area (Å²) in [6.07, 6.45) is 2.42. The molecule has 0 spiro atoms. The second kappa shape index (κ2) is 7.77. The van der Waals surface area contributed by atoms with Crippen molar-refractivity contribution in [1.29, 1.82) is 0 Å². The fourth-order valence-corrected chi connectivity index (χ4v) is 5.45. The largest absolute Gasteiger partial charge is 0.323 e. The van der Waals surface area contributed by atoms with E-state index in [1.165, 1.54) is 0 Å². The van der Waals surface area contributed by atoms with Gasteiger partial charge in [0.15, 0.2) is 0 Å². The third kappa shape index (κ3) is 3.67. The van der Waals surface area contributed by atoms with Crippen LogP contribution in [0.3, 0.4) is 0 Å². The smallest absolute Gasteiger partial charge is 0.320 e. The van der Waals surface area contributed by atoms with Gasteiger partial charge in [-0.15, -0.1) is 5.10 Å². The molecule has 10 heteroatoms. The summed E-state index contributed by atoms with van der Waals surface area (Å²) in [6.45, 7) is 2.57. The van der Waals surface area contributed by atoms with Crippen LogP contribution in [0.25, 0.3) is 0 Å². The van der Waals surface area contributed by atoms with Gasteiger partial charge < -0.3 is 9.80 Å². The number of carbonyl (C=O) groups is 1. The van der Waals surface area contributed by atoms with Crippen LogP contribution in [0.5, 0.6) is 0 Å². The van der Waals surface area contributed by atoms with Crippen molar-refractivity contribution in [1.82, 2.24) is 30.0 Å². The molecule has 0 radical (unpaired) electrons. The number of carbonyl (C=O) groups excluding carboxylic acids is 1. The number of likely N-dealkylation sites (tertiary alicyclic amines) is 2. The van der Waals surface area contributed by atoms with Crippen molar-refractivity contribution in [2.24, 2.45) is 0 Å². The number of urea groups is 1. The topological polar surface area (TPSA) is 101 Å². The Morgan fingerprint density at radius 2 is 1.61 bits per heavy atom. The zero-order valence-corrected chi connectivity index (χ0v) is 17.6. The molecule has 3 heterocycles. The number of benzene rings is 2. The predicted molar refractivity (Wildman–Crippen MR) is 111 cm³/mol. The minimum atomic E-state index is -3.52. The minimum absolute atomic E-state index is 0.0371. The first-order chi connectivity index (χ1) is 15.0. The summed E-state index contributed by atoms with van der Waals surface area (Å²) in [4.78, 5) is 17.0. The van der Waals surface area contributed by atoms with Crippen molar-refractivity contribution in [3.05, 3.63) is 66.5 Å². The molecule has 3 aromatic rings. The number of amides is 2. The summed E-state index contributed by atoms with van der Waals surface area (Å²) in [6, 6.07) is 15.6. The molecule has 2 saturated heterocycles. The quantitative estimate of drug-likeness (QED) is 0.617. The number of hydrogen-bond acceptors (Lipinski definition) is 6. The van der Waals surface area contributed by atoms with E-state index in [0.29, 0.717) is 26.2 Å². The van der Waals surface area contributed by atoms with E-state index in [1.807, 2.05) is 21.9 Å². The summed E-state index contributed by atoms with van der Waals surface area (Å²) in [7, 11) is -3.52. The molecule has 31 heavy (non-hydrogen) atoms. The molecule has 1 aromatic heterocycles. The lowest BCUT2D eigenvalue weighted by Gasteiger charge is -2.41. The molecule has 5 rings (SSSR count). The molecule has 160 valence electrons. The molecule has 2 aliphatic heterocycles. The van der Waals surface area contributed by atoms with E-state index < -0.39 is 9.84 Å². The molecule has 1 atom stereocenters. The van der Waals surface area contributed by atoms with Gasteiger partial charge in [-0.25, -0.2) is 17.9 Å². The Hall–Kier alpha value is -3.27. The first-order valence-electron chi connectivity index (χ1n) is 10.2. The Balaban J connectivity index is 1.19. The molecule has 0 saturated carbocycles. The van der Waals surface area contributed by atoms with Crippen LogP contribution in [0, 0.1) is 0 Å². The van der Waals surface area contributed by atoms with Gasteiger partial charge in [0.25, 0.3) is 0 Å². The Morgan fingerprint density at radius 3 is 2.29 bits per heavy atom. The van der Waals surface area contributed by atoms with Gasteiger partial charge >= 0.3 is 6.03 Å². The highest BCUT2D eigenvalue weighted by Gasteiger charge is 2.37. The molecular weight excluding hydrogens is 416 g/mol. The first kappa shape index (κ1) is 19.7. The van der Waals surface area contributed by atoms with Crippen LogP contribution < -0.4 is 0 Å². The number of sulfone groups is 1. The maximum atomic E-state index is 12.8. The second-order valence-electron chi connectivity index (χ2n) is 7.95. The van der Waals surface area contributed by atoms with Crippen molar-refractivity contribution in [2.45, 2.75) is 28.2 Å². The molecule has 0 unspecified atom stereocenters. The summed E-state index contributed by atoms with van der Waals surface area (Å²) < 4.78 is 27.2. The Bertz CT molecular complexity index is 1160. The van der Waals surface area contributed by atoms with E-state index in [9.17, 15) is 13.2 Å². The molecule has 0 aliphatic carbocycles. The van der Waals surface area contributed by atoms with Crippen LogP contribution in [0.15, 0.2) is 70.7 Å². The Morgan fingerprint density at radius 1 is 0.903 bits per heavy atom. The SMILES string of the molecule is O=C(N1CC(c2ccc(S(=O)(=O)c3ccccc3)cc2)C1)N1CC[C@H](n2cnnn2)C1. The van der Waals surface area contributed by atoms with Gasteiger partial charge in [-0.3, -0.25) is 0 Å². The van der Waals surface area contributed by atoms with Gasteiger partial charge in [-0.1, -0.05) is 30.3 Å². The average Bonchev–Trinajstić information content (AvgIpc) is 3.46. The highest BCUT2D eigenvalue weighted by atomic mass is 32.2. The summed E-state index contributed by atoms with van der Waals surface area (Å²) in [5.74, 6) is 0.218. The number of aromatic nitrogens is 4. The van der Waals surface area contributed by atoms with Crippen LogP contribution >= 0.6 is 0 Å². The summed E-state index contributed by atoms with van der Waals surface area (Å²) >= 11 is 0. The van der Waals surface area contributed by atoms with Gasteiger partial charge in [-0.2, -0.15) is 0 Å². The zero-order valence-electron chi connectivity index (χ0n) is 16.8. The molecule has 2 fully saturated rings. The number of rotatable bonds is 4. The number of hydrogen-bond donors (Lipinski definition) is 0. The standard InChI is InChI=1S/C21H22N6O3S/c28-21(25-11-10-18(14-25)27-15-22-23-24-27)26-12-17(13-26)16-6-8-20(9-7-16)31(29,30)19-4-2-1-3-5-19/h1-9,15,17-18H,10-14H2/t18-/m0/s1. The lowest BCUT2D eigenvalue weighted by molar-refractivity contribution is 0.120. The Kier molecular flexibility index (Phi) is 4.93. The van der Waals surface area contributed by atoms with Crippen LogP contribution in [-0.2, 0) is 9.84 Å². The Labute approximate surface area is 180 Å². The predicted octanol–water partition coefficient (Wildman–Crippen LogP) is 1.97. The fourth-order valence-electron chi connectivity index (χ4n) is 4.17. The van der Waals surface area contributed by atoms with Crippen molar-refractivity contribution in [3.8, 4) is 0 Å². The van der Waals surface area contributed by atoms with E-state index in [4.69, 9.17) is 0 Å². The normalized spacial score (nSPS) is 19.4. The van der Waals surface area contributed by atoms with E-state index in [0.717, 1.165) is 12.0 Å². The lowest BCUT2D eigenvalue weighted by atomic mass is 9.92. The van der Waals surface area contributed by atoms with Crippen molar-refractivity contribution < 1.29 is 13.2 Å². The van der Waals surface area contributed by atoms with E-state index in [1.54, 1.807) is 53.5 Å². The van der Waals surface area contributed by atoms with Crippen LogP contribution in [0.1, 0.15) is 23.9 Å². The van der Waals surface area contributed by atoms with Gasteiger partial charge in [0.2, 0.25) is 9.84 Å². The molecule has 2 aliphatic rings. The van der Waals surface area contributed by atoms with Gasteiger partial charge in [-0.05, 0) is 46.7 Å². The highest BCUT2D eigenvalue weighted by molar-refractivity contribution is 7.91. The molecule has 0 N–H and O–H groups in total. The number of tetrazole rings is 1. The van der Waals surface area contributed by atoms with Gasteiger partial charge in [0.05, 0.1) is 15.8 Å². The van der Waals surface area contributed by atoms with Gasteiger partial charge in [0.1, 0.15) is 6.33 Å². The minimum Gasteiger partial charge on any atom is -0.323 e. The lowest BCUT2D eigenvalue weighted by Crippen LogP contribution is -2.53. The fraction of sp³-hybridized carbons (Fsp3) is 0.333. The van der Waals surface area contributed by atoms with Crippen molar-refractivity contribution in [3.63, 3.8) is 0 Å². The van der Waals surface area contributed by atoms with Crippen LogP contribution in [0.4, 0.5) is 4.79 Å². The summed E-state index contributed by atoms with van der Waals surface area (Å²) in [5, 5.41) is 11.3. The molecule has 0 bridgehead atoms. The van der Waals surface area contributed by atoms with Crippen LogP contribution in [-0.4, -0.2) is 70.6 Å². The maximum Gasteiger partial charge on any atom is 0.320 e. The van der Waals surface area contributed by atoms with E-state index in [2.05, 4.69) is 15.5 Å². The molecule has 2 aromatic carbocycles. The number of nitrogens with zero attached hydrogens (tertiary/aromatic N) is 6. The van der Waals surface area contributed by atoms with Gasteiger partial charge in [0, 0.05) is 32.1 Å². The molecule has 9 nitrogen and oxygen atoms in total. The van der Waals surface area contributed by atoms with Crippen LogP contribution in [0.2, 0.25) is 0 Å². The van der Waals surface area contributed by atoms with Crippen molar-refractivity contribution in [2.75, 3.05) is 26.2 Å². The monoisotopic (exact) mass is 438 g/mol. The maximum absolute atomic E-state index is 12.8. The zero-order chi connectivity index (χ0) is 21.4. The average molecular weight is 439 g/mol. The summed E-state index contributed by atoms with van der Waals surface area (Å²) in [5.41, 5.74) is 1.05. The first-order valence-corrected chi connectivity index (χ1v) is 11.7. The van der Waals surface area contributed by atoms with E-state index in [-0.39, 0.29) is 27.8 Å². The van der Waals surface area contributed by atoms with Crippen molar-refractivity contribution >= 4 is 15.9 Å². The third-order valence-electron chi connectivity index (χ3n) is 6.04. The highest BCUT2D eigenvalue weighted by Crippen LogP contribution is 2.31. The molecule has 2 amide bonds. The third-order valence-corrected chi connectivity index (χ3v) is 7.83. The van der Waals surface area contributed by atoms with E-state index >= 15 is 0 Å². The molecular formula is C21H22N6O3S. The second-order valence-corrected chi connectivity index (χ2v) is 9.90.